The summed E-state index contributed by atoms with van der Waals surface area (Å²) in [6, 6.07) is 0.727. The van der Waals surface area contributed by atoms with E-state index in [1.807, 2.05) is 0 Å². The maximum absolute atomic E-state index is 12.8. The van der Waals surface area contributed by atoms with Crippen LogP contribution in [0.1, 0.15) is 5.69 Å². The molecule has 1 aromatic heterocycles. The molecule has 1 fully saturated rings. The molecule has 1 saturated heterocycles. The number of anilines is 2. The van der Waals surface area contributed by atoms with Crippen LogP contribution in [0, 0.1) is 0 Å². The summed E-state index contributed by atoms with van der Waals surface area (Å²) < 4.78 is 61.8. The second-order valence-corrected chi connectivity index (χ2v) is 7.87. The molecule has 0 aliphatic carbocycles. The van der Waals surface area contributed by atoms with Gasteiger partial charge >= 0.3 is 6.18 Å². The van der Waals surface area contributed by atoms with Gasteiger partial charge in [-0.05, 0) is 0 Å². The molecule has 0 aromatic carbocycles. The van der Waals surface area contributed by atoms with E-state index in [0.717, 1.165) is 12.3 Å². The van der Waals surface area contributed by atoms with Crippen molar-refractivity contribution in [1.82, 2.24) is 9.97 Å². The van der Waals surface area contributed by atoms with E-state index in [9.17, 15) is 21.6 Å². The smallest absolute Gasteiger partial charge is 0.368 e. The first-order valence-corrected chi connectivity index (χ1v) is 8.95. The van der Waals surface area contributed by atoms with Crippen molar-refractivity contribution in [2.24, 2.45) is 0 Å². The van der Waals surface area contributed by atoms with Gasteiger partial charge in [-0.25, -0.2) is 13.4 Å². The first-order valence-electron chi connectivity index (χ1n) is 5.84. The van der Waals surface area contributed by atoms with Crippen molar-refractivity contribution in [3.8, 4) is 0 Å². The number of alkyl halides is 3. The third-order valence-electron chi connectivity index (χ3n) is 2.89. The molecule has 1 aliphatic rings. The average Bonchev–Trinajstić information content (AvgIpc) is 2.36. The average molecular weight is 342 g/mol. The highest BCUT2D eigenvalue weighted by molar-refractivity contribution is 8.01. The summed E-state index contributed by atoms with van der Waals surface area (Å²) in [5.41, 5.74) is 4.13. The monoisotopic (exact) mass is 342 g/mol. The van der Waals surface area contributed by atoms with E-state index in [1.54, 1.807) is 0 Å². The summed E-state index contributed by atoms with van der Waals surface area (Å²) in [7, 11) is -3.46. The van der Waals surface area contributed by atoms with Crippen molar-refractivity contribution in [3.05, 3.63) is 11.8 Å². The Bertz CT molecular complexity index is 636. The van der Waals surface area contributed by atoms with E-state index in [4.69, 9.17) is 5.73 Å². The molecule has 1 atom stereocenters. The molecule has 0 saturated carbocycles. The fourth-order valence-corrected chi connectivity index (χ4v) is 4.77. The minimum absolute atomic E-state index is 0.120. The van der Waals surface area contributed by atoms with Crippen molar-refractivity contribution >= 4 is 33.4 Å². The predicted octanol–water partition coefficient (Wildman–Crippen LogP) is 1.00. The Morgan fingerprint density at radius 3 is 2.67 bits per heavy atom. The van der Waals surface area contributed by atoms with Gasteiger partial charge < -0.3 is 10.6 Å². The van der Waals surface area contributed by atoms with Crippen LogP contribution in [0.4, 0.5) is 24.9 Å². The second-order valence-electron chi connectivity index (χ2n) is 4.52. The highest BCUT2D eigenvalue weighted by Crippen LogP contribution is 2.32. The number of hydrogen-bond acceptors (Lipinski definition) is 7. The zero-order valence-electron chi connectivity index (χ0n) is 11.0. The molecule has 0 radical (unpaired) electrons. The Morgan fingerprint density at radius 1 is 1.43 bits per heavy atom. The van der Waals surface area contributed by atoms with Gasteiger partial charge in [-0.2, -0.15) is 29.9 Å². The Hall–Kier alpha value is -1.23. The first kappa shape index (κ1) is 16.1. The second kappa shape index (κ2) is 5.52. The zero-order chi connectivity index (χ0) is 15.8. The molecule has 118 valence electrons. The topological polar surface area (TPSA) is 89.2 Å². The van der Waals surface area contributed by atoms with Gasteiger partial charge in [0.1, 0.15) is 11.2 Å². The zero-order valence-corrected chi connectivity index (χ0v) is 12.6. The first-order chi connectivity index (χ1) is 9.59. The lowest BCUT2D eigenvalue weighted by molar-refractivity contribution is -0.141. The molecule has 6 nitrogen and oxygen atoms in total. The summed E-state index contributed by atoms with van der Waals surface area (Å²) >= 11 is 1.42. The van der Waals surface area contributed by atoms with Crippen LogP contribution in [0.15, 0.2) is 6.07 Å². The summed E-state index contributed by atoms with van der Waals surface area (Å²) in [6.45, 7) is 0.274. The molecular formula is C10H13F3N4O2S2. The molecule has 11 heteroatoms. The van der Waals surface area contributed by atoms with Gasteiger partial charge in [0.05, 0.1) is 0 Å². The Balaban J connectivity index is 2.46. The molecule has 2 heterocycles. The minimum Gasteiger partial charge on any atom is -0.368 e. The number of nitrogens with zero attached hydrogens (tertiary/aromatic N) is 3. The van der Waals surface area contributed by atoms with Crippen LogP contribution in [-0.4, -0.2) is 48.1 Å². The van der Waals surface area contributed by atoms with Gasteiger partial charge in [0.25, 0.3) is 0 Å². The number of hydrogen-bond donors (Lipinski definition) is 1. The number of rotatable bonds is 2. The predicted molar refractivity (Wildman–Crippen MR) is 74.7 cm³/mol. The van der Waals surface area contributed by atoms with E-state index in [1.165, 1.54) is 16.7 Å². The highest BCUT2D eigenvalue weighted by Gasteiger charge is 2.36. The van der Waals surface area contributed by atoms with Crippen LogP contribution in [0.2, 0.25) is 0 Å². The highest BCUT2D eigenvalue weighted by atomic mass is 32.2. The van der Waals surface area contributed by atoms with Gasteiger partial charge in [0, 0.05) is 30.4 Å². The van der Waals surface area contributed by atoms with Crippen molar-refractivity contribution in [2.75, 3.05) is 34.9 Å². The molecule has 1 aliphatic heterocycles. The summed E-state index contributed by atoms with van der Waals surface area (Å²) in [4.78, 5) is 8.23. The van der Waals surface area contributed by atoms with E-state index in [0.29, 0.717) is 5.75 Å². The number of thioether (sulfide) groups is 1. The van der Waals surface area contributed by atoms with Crippen molar-refractivity contribution in [2.45, 2.75) is 11.6 Å². The summed E-state index contributed by atoms with van der Waals surface area (Å²) in [6.07, 6.45) is -3.62. The lowest BCUT2D eigenvalue weighted by Gasteiger charge is -2.35. The number of halogens is 3. The number of sulfone groups is 1. The van der Waals surface area contributed by atoms with Crippen LogP contribution in [0.25, 0.3) is 0 Å². The third kappa shape index (κ3) is 3.70. The van der Waals surface area contributed by atoms with Crippen LogP contribution >= 0.6 is 11.8 Å². The van der Waals surface area contributed by atoms with Crippen LogP contribution in [0.3, 0.4) is 0 Å². The Morgan fingerprint density at radius 2 is 2.10 bits per heavy atom. The fourth-order valence-electron chi connectivity index (χ4n) is 1.94. The number of aromatic nitrogens is 2. The maximum Gasteiger partial charge on any atom is 0.433 e. The summed E-state index contributed by atoms with van der Waals surface area (Å²) in [5.74, 6) is 0.206. The molecule has 2 rings (SSSR count). The van der Waals surface area contributed by atoms with Crippen molar-refractivity contribution in [1.29, 1.82) is 0 Å². The largest absolute Gasteiger partial charge is 0.433 e. The van der Waals surface area contributed by atoms with Gasteiger partial charge in [-0.3, -0.25) is 0 Å². The number of nitrogens with two attached hydrogens (primary N) is 1. The SMILES string of the molecule is CS(=O)(=O)C1CSCCN1c1cc(C(F)(F)F)nc(N)n1. The molecule has 1 aromatic rings. The molecule has 2 N–H and O–H groups in total. The van der Waals surface area contributed by atoms with E-state index in [-0.39, 0.29) is 18.1 Å². The lowest BCUT2D eigenvalue weighted by atomic mass is 10.3. The lowest BCUT2D eigenvalue weighted by Crippen LogP contribution is -2.47. The minimum atomic E-state index is -4.67. The molecule has 0 bridgehead atoms. The molecule has 1 unspecified atom stereocenters. The third-order valence-corrected chi connectivity index (χ3v) is 5.54. The van der Waals surface area contributed by atoms with Gasteiger partial charge in [-0.15, -0.1) is 0 Å². The van der Waals surface area contributed by atoms with Gasteiger partial charge in [0.15, 0.2) is 15.5 Å². The molecule has 0 spiro atoms. The molecule has 0 amide bonds. The summed E-state index contributed by atoms with van der Waals surface area (Å²) in [5, 5.41) is -0.924. The van der Waals surface area contributed by atoms with E-state index in [2.05, 4.69) is 9.97 Å². The quantitative estimate of drug-likeness (QED) is 0.857. The van der Waals surface area contributed by atoms with E-state index >= 15 is 0 Å². The number of nitrogen functional groups attached to an aromatic ring is 1. The van der Waals surface area contributed by atoms with Crippen LogP contribution in [-0.2, 0) is 16.0 Å². The van der Waals surface area contributed by atoms with Gasteiger partial charge in [-0.1, -0.05) is 0 Å². The van der Waals surface area contributed by atoms with Crippen LogP contribution < -0.4 is 10.6 Å². The molecule has 21 heavy (non-hydrogen) atoms. The van der Waals surface area contributed by atoms with Crippen molar-refractivity contribution < 1.29 is 21.6 Å². The fraction of sp³-hybridized carbons (Fsp3) is 0.600. The van der Waals surface area contributed by atoms with E-state index < -0.39 is 33.0 Å². The van der Waals surface area contributed by atoms with Gasteiger partial charge in [0.2, 0.25) is 5.95 Å². The van der Waals surface area contributed by atoms with Crippen LogP contribution in [0.5, 0.6) is 0 Å². The standard InChI is InChI=1S/C10H13F3N4O2S2/c1-21(18,19)8-5-20-3-2-17(8)7-4-6(10(11,12)13)15-9(14)16-7/h4,8H,2-3,5H2,1H3,(H2,14,15,16). The maximum atomic E-state index is 12.8. The molecular weight excluding hydrogens is 329 g/mol. The van der Waals surface area contributed by atoms with Crippen molar-refractivity contribution in [3.63, 3.8) is 0 Å². The Labute approximate surface area is 123 Å². The normalized spacial score (nSPS) is 20.6. The Kier molecular flexibility index (Phi) is 4.24.